The van der Waals surface area contributed by atoms with Crippen LogP contribution in [0.15, 0.2) is 63.4 Å². The third-order valence-electron chi connectivity index (χ3n) is 7.53. The standard InChI is InChI=1S/C31H34BrNO4/c1-4-33-23-11-7-13-25(34)29(23)28(30-24(33)12-8-14-26(30)35)21-16-22(32)31(27(17-21)36-5-2)37-18-20-10-6-9-19(3)15-20/h6,9-10,15-17,28H,4-5,7-8,11-14,18H2,1-3H3. The molecule has 5 nitrogen and oxygen atoms in total. The maximum atomic E-state index is 13.4. The molecule has 0 unspecified atom stereocenters. The van der Waals surface area contributed by atoms with Crippen molar-refractivity contribution in [1.29, 1.82) is 0 Å². The van der Waals surface area contributed by atoms with Gasteiger partial charge in [0.15, 0.2) is 23.1 Å². The maximum Gasteiger partial charge on any atom is 0.175 e. The van der Waals surface area contributed by atoms with Gasteiger partial charge in [-0.15, -0.1) is 0 Å². The third kappa shape index (κ3) is 4.88. The van der Waals surface area contributed by atoms with Crippen molar-refractivity contribution in [2.75, 3.05) is 13.2 Å². The van der Waals surface area contributed by atoms with E-state index in [9.17, 15) is 9.59 Å². The minimum atomic E-state index is -0.366. The highest BCUT2D eigenvalue weighted by Crippen LogP contribution is 2.51. The molecule has 0 N–H and O–H groups in total. The van der Waals surface area contributed by atoms with Gasteiger partial charge in [0.2, 0.25) is 0 Å². The molecule has 0 spiro atoms. The molecule has 1 aliphatic heterocycles. The van der Waals surface area contributed by atoms with E-state index in [-0.39, 0.29) is 17.5 Å². The van der Waals surface area contributed by atoms with Gasteiger partial charge in [0, 0.05) is 47.8 Å². The molecule has 2 aliphatic carbocycles. The Bertz CT molecular complexity index is 1260. The Hall–Kier alpha value is -2.86. The molecular formula is C31H34BrNO4. The monoisotopic (exact) mass is 563 g/mol. The van der Waals surface area contributed by atoms with Crippen LogP contribution in [0.25, 0.3) is 0 Å². The van der Waals surface area contributed by atoms with Crippen LogP contribution in [0.2, 0.25) is 0 Å². The van der Waals surface area contributed by atoms with Gasteiger partial charge in [0.25, 0.3) is 0 Å². The van der Waals surface area contributed by atoms with Crippen molar-refractivity contribution < 1.29 is 19.1 Å². The SMILES string of the molecule is CCOc1cc(C2C3=C(CCCC3=O)N(CC)C3=C2C(=O)CCC3)cc(Br)c1OCc1cccc(C)c1. The van der Waals surface area contributed by atoms with Crippen LogP contribution < -0.4 is 9.47 Å². The number of aryl methyl sites for hydroxylation is 1. The summed E-state index contributed by atoms with van der Waals surface area (Å²) in [6.45, 7) is 7.78. The topological polar surface area (TPSA) is 55.8 Å². The van der Waals surface area contributed by atoms with Crippen molar-refractivity contribution >= 4 is 27.5 Å². The third-order valence-corrected chi connectivity index (χ3v) is 8.12. The lowest BCUT2D eigenvalue weighted by molar-refractivity contribution is -0.117. The molecule has 37 heavy (non-hydrogen) atoms. The van der Waals surface area contributed by atoms with E-state index in [1.165, 1.54) is 5.56 Å². The van der Waals surface area contributed by atoms with Crippen LogP contribution in [0.4, 0.5) is 0 Å². The number of benzene rings is 2. The van der Waals surface area contributed by atoms with Gasteiger partial charge in [-0.3, -0.25) is 9.59 Å². The highest BCUT2D eigenvalue weighted by molar-refractivity contribution is 9.10. The molecular weight excluding hydrogens is 530 g/mol. The van der Waals surface area contributed by atoms with Gasteiger partial charge in [-0.2, -0.15) is 0 Å². The van der Waals surface area contributed by atoms with E-state index in [1.54, 1.807) is 0 Å². The number of nitrogens with zero attached hydrogens (tertiary/aromatic N) is 1. The molecule has 2 aromatic rings. The lowest BCUT2D eigenvalue weighted by atomic mass is 9.71. The predicted molar refractivity (Wildman–Crippen MR) is 148 cm³/mol. The Balaban J connectivity index is 1.61. The van der Waals surface area contributed by atoms with E-state index in [0.29, 0.717) is 37.6 Å². The molecule has 1 heterocycles. The first-order valence-corrected chi connectivity index (χ1v) is 14.2. The summed E-state index contributed by atoms with van der Waals surface area (Å²) in [7, 11) is 0. The molecule has 6 heteroatoms. The van der Waals surface area contributed by atoms with Crippen LogP contribution in [0.1, 0.15) is 75.0 Å². The summed E-state index contributed by atoms with van der Waals surface area (Å²) in [6.07, 6.45) is 4.51. The van der Waals surface area contributed by atoms with Crippen molar-refractivity contribution in [3.05, 3.63) is 80.1 Å². The van der Waals surface area contributed by atoms with Crippen LogP contribution in [-0.2, 0) is 16.2 Å². The number of carbonyl (C=O) groups is 2. The zero-order chi connectivity index (χ0) is 26.1. The Labute approximate surface area is 227 Å². The number of hydrogen-bond acceptors (Lipinski definition) is 5. The number of hydrogen-bond donors (Lipinski definition) is 0. The maximum absolute atomic E-state index is 13.4. The Morgan fingerprint density at radius 1 is 0.919 bits per heavy atom. The summed E-state index contributed by atoms with van der Waals surface area (Å²) >= 11 is 3.74. The average Bonchev–Trinajstić information content (AvgIpc) is 2.87. The zero-order valence-electron chi connectivity index (χ0n) is 21.9. The van der Waals surface area contributed by atoms with Gasteiger partial charge in [-0.05, 0) is 85.6 Å². The van der Waals surface area contributed by atoms with E-state index < -0.39 is 0 Å². The molecule has 0 atom stereocenters. The molecule has 0 aromatic heterocycles. The second-order valence-electron chi connectivity index (χ2n) is 9.99. The summed E-state index contributed by atoms with van der Waals surface area (Å²) in [5.74, 6) is 1.20. The first-order chi connectivity index (χ1) is 17.9. The molecule has 3 aliphatic rings. The summed E-state index contributed by atoms with van der Waals surface area (Å²) in [5.41, 5.74) is 6.96. The number of ether oxygens (including phenoxy) is 2. The lowest BCUT2D eigenvalue weighted by Crippen LogP contribution is -2.39. The fourth-order valence-electron chi connectivity index (χ4n) is 6.05. The van der Waals surface area contributed by atoms with Gasteiger partial charge >= 0.3 is 0 Å². The second kappa shape index (κ2) is 10.9. The van der Waals surface area contributed by atoms with E-state index in [2.05, 4.69) is 46.8 Å². The summed E-state index contributed by atoms with van der Waals surface area (Å²) in [4.78, 5) is 29.1. The molecule has 0 amide bonds. The molecule has 0 fully saturated rings. The van der Waals surface area contributed by atoms with Gasteiger partial charge in [-0.25, -0.2) is 0 Å². The smallest absolute Gasteiger partial charge is 0.175 e. The van der Waals surface area contributed by atoms with Gasteiger partial charge in [-0.1, -0.05) is 29.8 Å². The van der Waals surface area contributed by atoms with Crippen LogP contribution >= 0.6 is 15.9 Å². The minimum Gasteiger partial charge on any atom is -0.490 e. The number of rotatable bonds is 7. The largest absolute Gasteiger partial charge is 0.490 e. The summed E-state index contributed by atoms with van der Waals surface area (Å²) in [5, 5.41) is 0. The molecule has 194 valence electrons. The van der Waals surface area contributed by atoms with Crippen LogP contribution in [0.3, 0.4) is 0 Å². The number of halogens is 1. The highest BCUT2D eigenvalue weighted by atomic mass is 79.9. The van der Waals surface area contributed by atoms with Gasteiger partial charge < -0.3 is 14.4 Å². The molecule has 2 aromatic carbocycles. The van der Waals surface area contributed by atoms with Gasteiger partial charge in [0.05, 0.1) is 11.1 Å². The molecule has 0 saturated heterocycles. The zero-order valence-corrected chi connectivity index (χ0v) is 23.4. The van der Waals surface area contributed by atoms with Crippen molar-refractivity contribution in [1.82, 2.24) is 4.90 Å². The van der Waals surface area contributed by atoms with Gasteiger partial charge in [0.1, 0.15) is 6.61 Å². The quantitative estimate of drug-likeness (QED) is 0.357. The van der Waals surface area contributed by atoms with Crippen molar-refractivity contribution in [2.45, 2.75) is 71.8 Å². The first-order valence-electron chi connectivity index (χ1n) is 13.4. The normalized spacial score (nSPS) is 18.2. The fourth-order valence-corrected chi connectivity index (χ4v) is 6.62. The molecule has 0 bridgehead atoms. The van der Waals surface area contributed by atoms with Crippen LogP contribution in [-0.4, -0.2) is 29.6 Å². The molecule has 0 saturated carbocycles. The van der Waals surface area contributed by atoms with E-state index in [4.69, 9.17) is 9.47 Å². The van der Waals surface area contributed by atoms with E-state index in [0.717, 1.165) is 70.4 Å². The Kier molecular flexibility index (Phi) is 7.57. The average molecular weight is 565 g/mol. The van der Waals surface area contributed by atoms with Crippen molar-refractivity contribution in [3.63, 3.8) is 0 Å². The summed E-state index contributed by atoms with van der Waals surface area (Å²) in [6, 6.07) is 12.2. The first kappa shape index (κ1) is 25.8. The second-order valence-corrected chi connectivity index (χ2v) is 10.8. The Morgan fingerprint density at radius 3 is 2.19 bits per heavy atom. The van der Waals surface area contributed by atoms with Crippen LogP contribution in [0.5, 0.6) is 11.5 Å². The molecule has 5 rings (SSSR count). The highest BCUT2D eigenvalue weighted by Gasteiger charge is 2.43. The van der Waals surface area contributed by atoms with Crippen LogP contribution in [0, 0.1) is 6.92 Å². The van der Waals surface area contributed by atoms with Crippen molar-refractivity contribution in [3.8, 4) is 11.5 Å². The summed E-state index contributed by atoms with van der Waals surface area (Å²) < 4.78 is 13.1. The lowest BCUT2D eigenvalue weighted by Gasteiger charge is -2.43. The number of Topliss-reactive ketones (excluding diaryl/α,β-unsaturated/α-hetero) is 2. The van der Waals surface area contributed by atoms with E-state index in [1.807, 2.05) is 31.2 Å². The molecule has 0 radical (unpaired) electrons. The number of ketones is 2. The van der Waals surface area contributed by atoms with Crippen molar-refractivity contribution in [2.24, 2.45) is 0 Å². The van der Waals surface area contributed by atoms with E-state index >= 15 is 0 Å². The number of carbonyl (C=O) groups excluding carboxylic acids is 2. The Morgan fingerprint density at radius 2 is 1.59 bits per heavy atom. The minimum absolute atomic E-state index is 0.156. The fraction of sp³-hybridized carbons (Fsp3) is 0.419. The predicted octanol–water partition coefficient (Wildman–Crippen LogP) is 7.17. The number of allylic oxidation sites excluding steroid dienone is 4.